The fraction of sp³-hybridized carbons (Fsp3) is 0. The molecule has 7 rings (SSSR count). The van der Waals surface area contributed by atoms with Crippen LogP contribution in [0.2, 0.25) is 0 Å². The van der Waals surface area contributed by atoms with Gasteiger partial charge in [-0.25, -0.2) is 4.39 Å². The summed E-state index contributed by atoms with van der Waals surface area (Å²) in [5.41, 5.74) is 3.05. The molecule has 1 nitrogen and oxygen atoms in total. The molecule has 35 heavy (non-hydrogen) atoms. The Morgan fingerprint density at radius 1 is 0.514 bits per heavy atom. The van der Waals surface area contributed by atoms with Crippen molar-refractivity contribution in [1.29, 1.82) is 0 Å². The van der Waals surface area contributed by atoms with E-state index in [1.54, 1.807) is 0 Å². The molecule has 0 saturated carbocycles. The van der Waals surface area contributed by atoms with E-state index in [0.717, 1.165) is 17.1 Å². The summed E-state index contributed by atoms with van der Waals surface area (Å²) in [6.45, 7) is 0. The van der Waals surface area contributed by atoms with E-state index in [9.17, 15) is 4.39 Å². The van der Waals surface area contributed by atoms with E-state index in [-0.39, 0.29) is 5.82 Å². The van der Waals surface area contributed by atoms with Gasteiger partial charge in [0, 0.05) is 36.9 Å². The van der Waals surface area contributed by atoms with Gasteiger partial charge in [0.05, 0.1) is 5.69 Å². The van der Waals surface area contributed by atoms with Gasteiger partial charge in [-0.2, -0.15) is 0 Å². The second-order valence-corrected chi connectivity index (χ2v) is 9.81. The van der Waals surface area contributed by atoms with Crippen molar-refractivity contribution < 1.29 is 4.39 Å². The fourth-order valence-electron chi connectivity index (χ4n) is 5.16. The van der Waals surface area contributed by atoms with Gasteiger partial charge in [-0.15, -0.1) is 11.3 Å². The Hall–Kier alpha value is -4.21. The molecule has 6 aromatic carbocycles. The van der Waals surface area contributed by atoms with Crippen LogP contribution in [0.5, 0.6) is 0 Å². The first-order chi connectivity index (χ1) is 17.3. The number of halogens is 1. The third kappa shape index (κ3) is 3.20. The van der Waals surface area contributed by atoms with Crippen molar-refractivity contribution in [3.63, 3.8) is 0 Å². The van der Waals surface area contributed by atoms with E-state index in [1.807, 2.05) is 41.7 Å². The molecule has 1 heterocycles. The Labute approximate surface area is 206 Å². The second-order valence-electron chi connectivity index (χ2n) is 8.72. The van der Waals surface area contributed by atoms with E-state index < -0.39 is 0 Å². The van der Waals surface area contributed by atoms with Crippen LogP contribution in [-0.4, -0.2) is 0 Å². The summed E-state index contributed by atoms with van der Waals surface area (Å²) < 4.78 is 16.4. The zero-order valence-corrected chi connectivity index (χ0v) is 19.6. The first-order valence-electron chi connectivity index (χ1n) is 11.6. The van der Waals surface area contributed by atoms with Crippen LogP contribution in [0.3, 0.4) is 0 Å². The Morgan fingerprint density at radius 2 is 1.14 bits per heavy atom. The average molecular weight is 470 g/mol. The van der Waals surface area contributed by atoms with Crippen LogP contribution in [-0.2, 0) is 0 Å². The third-order valence-corrected chi connectivity index (χ3v) is 7.79. The highest BCUT2D eigenvalue weighted by atomic mass is 32.1. The summed E-state index contributed by atoms with van der Waals surface area (Å²) in [5, 5.41) is 7.55. The lowest BCUT2D eigenvalue weighted by atomic mass is 9.98. The predicted molar refractivity (Wildman–Crippen MR) is 149 cm³/mol. The first-order valence-corrected chi connectivity index (χ1v) is 12.5. The number of anilines is 3. The van der Waals surface area contributed by atoms with Crippen molar-refractivity contribution in [2.45, 2.75) is 0 Å². The molecule has 0 amide bonds. The lowest BCUT2D eigenvalue weighted by Crippen LogP contribution is -2.10. The molecule has 0 fully saturated rings. The zero-order chi connectivity index (χ0) is 23.4. The number of hydrogen-bond acceptors (Lipinski definition) is 2. The van der Waals surface area contributed by atoms with Gasteiger partial charge in [-0.05, 0) is 64.7 Å². The Kier molecular flexibility index (Phi) is 4.58. The van der Waals surface area contributed by atoms with Crippen molar-refractivity contribution in [1.82, 2.24) is 0 Å². The van der Waals surface area contributed by atoms with Crippen molar-refractivity contribution in [3.8, 4) is 0 Å². The fourth-order valence-corrected chi connectivity index (χ4v) is 6.33. The summed E-state index contributed by atoms with van der Waals surface area (Å²) >= 11 is 1.83. The summed E-state index contributed by atoms with van der Waals surface area (Å²) in [6, 6.07) is 41.0. The molecular weight excluding hydrogens is 449 g/mol. The molecule has 0 atom stereocenters. The van der Waals surface area contributed by atoms with E-state index in [2.05, 4.69) is 83.8 Å². The number of nitrogens with zero attached hydrogens (tertiary/aromatic N) is 1. The van der Waals surface area contributed by atoms with Gasteiger partial charge >= 0.3 is 0 Å². The van der Waals surface area contributed by atoms with Crippen molar-refractivity contribution in [3.05, 3.63) is 127 Å². The molecule has 0 bridgehead atoms. The maximum absolute atomic E-state index is 13.8. The molecule has 0 aliphatic rings. The van der Waals surface area contributed by atoms with Gasteiger partial charge in [0.25, 0.3) is 0 Å². The molecule has 3 heteroatoms. The Balaban J connectivity index is 1.61. The number of thiophene rings is 1. The quantitative estimate of drug-likeness (QED) is 0.249. The Morgan fingerprint density at radius 3 is 1.94 bits per heavy atom. The van der Waals surface area contributed by atoms with E-state index in [4.69, 9.17) is 0 Å². The van der Waals surface area contributed by atoms with Crippen molar-refractivity contribution in [2.75, 3.05) is 4.90 Å². The minimum Gasteiger partial charge on any atom is -0.310 e. The number of benzene rings is 6. The number of para-hydroxylation sites is 1. The number of fused-ring (bicyclic) bond motifs is 7. The van der Waals surface area contributed by atoms with E-state index >= 15 is 0 Å². The van der Waals surface area contributed by atoms with Crippen LogP contribution >= 0.6 is 11.3 Å². The highest BCUT2D eigenvalue weighted by molar-refractivity contribution is 7.26. The molecule has 0 radical (unpaired) electrons. The second kappa shape index (κ2) is 7.93. The first kappa shape index (κ1) is 20.2. The largest absolute Gasteiger partial charge is 0.310 e. The number of hydrogen-bond donors (Lipinski definition) is 0. The van der Waals surface area contributed by atoms with Crippen LogP contribution in [0.15, 0.2) is 121 Å². The van der Waals surface area contributed by atoms with Crippen molar-refractivity contribution in [2.24, 2.45) is 0 Å². The van der Waals surface area contributed by atoms with Gasteiger partial charge in [-0.1, -0.05) is 72.8 Å². The molecule has 0 spiro atoms. The molecule has 166 valence electrons. The lowest BCUT2D eigenvalue weighted by molar-refractivity contribution is 0.628. The summed E-state index contributed by atoms with van der Waals surface area (Å²) in [6.07, 6.45) is 0. The van der Waals surface area contributed by atoms with Gasteiger partial charge in [0.1, 0.15) is 5.82 Å². The average Bonchev–Trinajstić information content (AvgIpc) is 3.30. The van der Waals surface area contributed by atoms with Crippen molar-refractivity contribution >= 4 is 70.1 Å². The SMILES string of the molecule is Fc1ccc(N(c2ccccc2)c2cc3sc4ccc5ccccc5c4c3c3ccccc23)cc1. The highest BCUT2D eigenvalue weighted by Crippen LogP contribution is 2.47. The molecule has 7 aromatic rings. The topological polar surface area (TPSA) is 3.24 Å². The summed E-state index contributed by atoms with van der Waals surface area (Å²) in [7, 11) is 0. The molecule has 0 unspecified atom stereocenters. The van der Waals surface area contributed by atoms with Gasteiger partial charge in [-0.3, -0.25) is 0 Å². The van der Waals surface area contributed by atoms with Crippen LogP contribution in [0.1, 0.15) is 0 Å². The molecule has 1 aromatic heterocycles. The molecule has 0 aliphatic carbocycles. The van der Waals surface area contributed by atoms with Gasteiger partial charge in [0.2, 0.25) is 0 Å². The minimum atomic E-state index is -0.238. The maximum atomic E-state index is 13.8. The standard InChI is InChI=1S/C32H20FNS/c33-22-15-17-24(18-16-22)34(23-9-2-1-3-10-23)28-20-30-32(27-13-7-6-12-26(27)28)31-25-11-5-4-8-21(25)14-19-29(31)35-30/h1-20H. The van der Waals surface area contributed by atoms with E-state index in [0.29, 0.717) is 0 Å². The van der Waals surface area contributed by atoms with Crippen LogP contribution in [0.25, 0.3) is 41.7 Å². The smallest absolute Gasteiger partial charge is 0.123 e. The molecule has 0 saturated heterocycles. The summed E-state index contributed by atoms with van der Waals surface area (Å²) in [5.74, 6) is -0.238. The highest BCUT2D eigenvalue weighted by Gasteiger charge is 2.20. The predicted octanol–water partition coefficient (Wildman–Crippen LogP) is 9.97. The number of rotatable bonds is 3. The molecule has 0 aliphatic heterocycles. The summed E-state index contributed by atoms with van der Waals surface area (Å²) in [4.78, 5) is 2.23. The minimum absolute atomic E-state index is 0.238. The Bertz CT molecular complexity index is 1850. The van der Waals surface area contributed by atoms with Crippen LogP contribution in [0, 0.1) is 5.82 Å². The normalized spacial score (nSPS) is 11.6. The third-order valence-electron chi connectivity index (χ3n) is 6.69. The monoisotopic (exact) mass is 469 g/mol. The lowest BCUT2D eigenvalue weighted by Gasteiger charge is -2.27. The van der Waals surface area contributed by atoms with Gasteiger partial charge in [0.15, 0.2) is 0 Å². The maximum Gasteiger partial charge on any atom is 0.123 e. The van der Waals surface area contributed by atoms with Crippen LogP contribution in [0.4, 0.5) is 21.5 Å². The van der Waals surface area contributed by atoms with Crippen LogP contribution < -0.4 is 4.90 Å². The zero-order valence-electron chi connectivity index (χ0n) is 18.8. The van der Waals surface area contributed by atoms with E-state index in [1.165, 1.54) is 53.8 Å². The van der Waals surface area contributed by atoms with Gasteiger partial charge < -0.3 is 4.90 Å². The molecular formula is C32H20FNS. The molecule has 0 N–H and O–H groups in total.